The second-order valence-electron chi connectivity index (χ2n) is 3.02. The first-order valence-electron chi connectivity index (χ1n) is 3.84. The van der Waals surface area contributed by atoms with Gasteiger partial charge in [0, 0.05) is 7.05 Å². The van der Waals surface area contributed by atoms with Crippen LogP contribution in [0.25, 0.3) is 10.9 Å². The lowest BCUT2D eigenvalue weighted by molar-refractivity contribution is 0.783. The minimum atomic E-state index is -0.0208. The number of nitrogens with zero attached hydrogens (tertiary/aromatic N) is 1. The lowest BCUT2D eigenvalue weighted by atomic mass is 10.2. The zero-order valence-corrected chi connectivity index (χ0v) is 7.09. The number of aromatic amines is 1. The molecular formula is C9H10N2O. The lowest BCUT2D eigenvalue weighted by Crippen LogP contribution is -2.01. The van der Waals surface area contributed by atoms with Gasteiger partial charge >= 0.3 is 0 Å². The fraction of sp³-hybridized carbons (Fsp3) is 0.222. The fourth-order valence-corrected chi connectivity index (χ4v) is 1.38. The van der Waals surface area contributed by atoms with Gasteiger partial charge in [-0.25, -0.2) is 0 Å². The highest BCUT2D eigenvalue weighted by Crippen LogP contribution is 2.10. The van der Waals surface area contributed by atoms with Crippen molar-refractivity contribution in [2.45, 2.75) is 6.92 Å². The summed E-state index contributed by atoms with van der Waals surface area (Å²) < 4.78 is 1.74. The van der Waals surface area contributed by atoms with Gasteiger partial charge in [0.05, 0.1) is 10.9 Å². The van der Waals surface area contributed by atoms with Gasteiger partial charge in [-0.15, -0.1) is 0 Å². The van der Waals surface area contributed by atoms with E-state index < -0.39 is 0 Å². The molecule has 12 heavy (non-hydrogen) atoms. The molecule has 1 N–H and O–H groups in total. The number of benzene rings is 1. The highest BCUT2D eigenvalue weighted by atomic mass is 16.1. The molecule has 0 amide bonds. The van der Waals surface area contributed by atoms with Crippen LogP contribution in [0.4, 0.5) is 0 Å². The predicted octanol–water partition coefficient (Wildman–Crippen LogP) is 1.18. The third kappa shape index (κ3) is 0.863. The van der Waals surface area contributed by atoms with Gasteiger partial charge in [0.2, 0.25) is 0 Å². The molecule has 0 radical (unpaired) electrons. The van der Waals surface area contributed by atoms with Crippen LogP contribution in [0, 0.1) is 6.92 Å². The first-order valence-corrected chi connectivity index (χ1v) is 3.84. The van der Waals surface area contributed by atoms with E-state index >= 15 is 0 Å². The average molecular weight is 162 g/mol. The standard InChI is InChI=1S/C9H10N2O/c1-6-3-4-7-8(5-6)11(2)10-9(7)12/h3-5H,1-2H3,(H,10,12). The summed E-state index contributed by atoms with van der Waals surface area (Å²) in [4.78, 5) is 11.2. The third-order valence-corrected chi connectivity index (χ3v) is 2.03. The van der Waals surface area contributed by atoms with Crippen molar-refractivity contribution in [3.8, 4) is 0 Å². The molecule has 2 aromatic rings. The third-order valence-electron chi connectivity index (χ3n) is 2.03. The number of H-pyrrole nitrogens is 1. The van der Waals surface area contributed by atoms with E-state index in [0.29, 0.717) is 0 Å². The molecule has 0 fully saturated rings. The Kier molecular flexibility index (Phi) is 1.33. The van der Waals surface area contributed by atoms with E-state index in [1.807, 2.05) is 32.2 Å². The molecule has 3 nitrogen and oxygen atoms in total. The summed E-state index contributed by atoms with van der Waals surface area (Å²) >= 11 is 0. The van der Waals surface area contributed by atoms with E-state index in [9.17, 15) is 4.79 Å². The van der Waals surface area contributed by atoms with Gasteiger partial charge in [-0.2, -0.15) is 0 Å². The summed E-state index contributed by atoms with van der Waals surface area (Å²) in [6.45, 7) is 2.01. The summed E-state index contributed by atoms with van der Waals surface area (Å²) in [5.41, 5.74) is 2.10. The number of aryl methyl sites for hydroxylation is 2. The van der Waals surface area contributed by atoms with E-state index in [1.54, 1.807) is 4.68 Å². The molecule has 2 rings (SSSR count). The topological polar surface area (TPSA) is 37.8 Å². The average Bonchev–Trinajstić information content (AvgIpc) is 2.28. The zero-order chi connectivity index (χ0) is 8.72. The van der Waals surface area contributed by atoms with Crippen LogP contribution in [0.5, 0.6) is 0 Å². The van der Waals surface area contributed by atoms with Crippen LogP contribution in [-0.2, 0) is 7.05 Å². The van der Waals surface area contributed by atoms with Gasteiger partial charge in [0.25, 0.3) is 5.56 Å². The zero-order valence-electron chi connectivity index (χ0n) is 7.09. The van der Waals surface area contributed by atoms with Gasteiger partial charge < -0.3 is 0 Å². The van der Waals surface area contributed by atoms with Gasteiger partial charge in [-0.1, -0.05) is 6.07 Å². The highest BCUT2D eigenvalue weighted by molar-refractivity contribution is 5.78. The Morgan fingerprint density at radius 1 is 1.42 bits per heavy atom. The normalized spacial score (nSPS) is 10.8. The van der Waals surface area contributed by atoms with Crippen molar-refractivity contribution < 1.29 is 0 Å². The molecule has 62 valence electrons. The summed E-state index contributed by atoms with van der Waals surface area (Å²) in [5, 5.41) is 3.46. The van der Waals surface area contributed by atoms with Crippen LogP contribution in [0.15, 0.2) is 23.0 Å². The van der Waals surface area contributed by atoms with E-state index in [2.05, 4.69) is 5.10 Å². The molecule has 0 bridgehead atoms. The second-order valence-corrected chi connectivity index (χ2v) is 3.02. The van der Waals surface area contributed by atoms with Crippen LogP contribution in [0.2, 0.25) is 0 Å². The molecule has 0 saturated heterocycles. The SMILES string of the molecule is Cc1ccc2c(=O)[nH]n(C)c2c1. The Labute approximate surface area is 69.6 Å². The van der Waals surface area contributed by atoms with Crippen LogP contribution in [0.1, 0.15) is 5.56 Å². The van der Waals surface area contributed by atoms with Crippen LogP contribution < -0.4 is 5.56 Å². The van der Waals surface area contributed by atoms with Crippen molar-refractivity contribution in [3.63, 3.8) is 0 Å². The number of nitrogens with one attached hydrogen (secondary N) is 1. The molecule has 1 aromatic carbocycles. The van der Waals surface area contributed by atoms with Crippen molar-refractivity contribution in [2.75, 3.05) is 0 Å². The molecule has 1 aromatic heterocycles. The van der Waals surface area contributed by atoms with E-state index in [1.165, 1.54) is 0 Å². The second kappa shape index (κ2) is 2.24. The molecule has 0 unspecified atom stereocenters. The minimum absolute atomic E-state index is 0.0208. The quantitative estimate of drug-likeness (QED) is 0.620. The van der Waals surface area contributed by atoms with Crippen molar-refractivity contribution in [1.29, 1.82) is 0 Å². The Morgan fingerprint density at radius 3 is 2.92 bits per heavy atom. The molecule has 0 spiro atoms. The number of fused-ring (bicyclic) bond motifs is 1. The van der Waals surface area contributed by atoms with Crippen LogP contribution in [-0.4, -0.2) is 9.78 Å². The largest absolute Gasteiger partial charge is 0.288 e. The highest BCUT2D eigenvalue weighted by Gasteiger charge is 2.01. The predicted molar refractivity (Wildman–Crippen MR) is 48.3 cm³/mol. The van der Waals surface area contributed by atoms with Crippen molar-refractivity contribution >= 4 is 10.9 Å². The van der Waals surface area contributed by atoms with Crippen molar-refractivity contribution in [2.24, 2.45) is 7.05 Å². The summed E-state index contributed by atoms with van der Waals surface area (Å²) in [5.74, 6) is 0. The molecule has 3 heteroatoms. The van der Waals surface area contributed by atoms with Crippen LogP contribution in [0.3, 0.4) is 0 Å². The first-order chi connectivity index (χ1) is 5.68. The molecular weight excluding hydrogens is 152 g/mol. The van der Waals surface area contributed by atoms with Gasteiger partial charge in [-0.3, -0.25) is 14.6 Å². The maximum atomic E-state index is 11.2. The van der Waals surface area contributed by atoms with Gasteiger partial charge in [-0.05, 0) is 24.6 Å². The molecule has 0 aliphatic carbocycles. The van der Waals surface area contributed by atoms with Gasteiger partial charge in [0.1, 0.15) is 0 Å². The molecule has 0 saturated carbocycles. The maximum absolute atomic E-state index is 11.2. The molecule has 0 aliphatic rings. The van der Waals surface area contributed by atoms with E-state index in [0.717, 1.165) is 16.5 Å². The summed E-state index contributed by atoms with van der Waals surface area (Å²) in [6.07, 6.45) is 0. The number of hydrogen-bond acceptors (Lipinski definition) is 1. The molecule has 1 heterocycles. The van der Waals surface area contributed by atoms with Gasteiger partial charge in [0.15, 0.2) is 0 Å². The Morgan fingerprint density at radius 2 is 2.17 bits per heavy atom. The monoisotopic (exact) mass is 162 g/mol. The van der Waals surface area contributed by atoms with E-state index in [4.69, 9.17) is 0 Å². The number of rotatable bonds is 0. The summed E-state index contributed by atoms with van der Waals surface area (Å²) in [6, 6.07) is 5.79. The van der Waals surface area contributed by atoms with Crippen molar-refractivity contribution in [1.82, 2.24) is 9.78 Å². The van der Waals surface area contributed by atoms with Crippen LogP contribution >= 0.6 is 0 Å². The Balaban J connectivity index is 3.00. The first kappa shape index (κ1) is 7.16. The molecule has 0 atom stereocenters. The minimum Gasteiger partial charge on any atom is -0.288 e. The number of aromatic nitrogens is 2. The molecule has 0 aliphatic heterocycles. The fourth-order valence-electron chi connectivity index (χ4n) is 1.38. The van der Waals surface area contributed by atoms with Crippen molar-refractivity contribution in [3.05, 3.63) is 34.1 Å². The maximum Gasteiger partial charge on any atom is 0.271 e. The lowest BCUT2D eigenvalue weighted by Gasteiger charge is -1.94. The Hall–Kier alpha value is -1.51. The summed E-state index contributed by atoms with van der Waals surface area (Å²) in [7, 11) is 1.84. The van der Waals surface area contributed by atoms with E-state index in [-0.39, 0.29) is 5.56 Å². The number of hydrogen-bond donors (Lipinski definition) is 1. The Bertz CT molecular complexity index is 479. The smallest absolute Gasteiger partial charge is 0.271 e.